The molecule has 8 heteroatoms. The molecular formula is C18H21N5O3. The number of nitrogens with one attached hydrogen (secondary N) is 1. The van der Waals surface area contributed by atoms with Crippen LogP contribution in [0, 0.1) is 0 Å². The fraction of sp³-hybridized carbons (Fsp3) is 0.444. The van der Waals surface area contributed by atoms with Crippen molar-refractivity contribution in [1.29, 1.82) is 0 Å². The molecule has 2 heterocycles. The molecule has 8 nitrogen and oxygen atoms in total. The largest absolute Gasteiger partial charge is 0.508 e. The number of nitrogens with zero attached hydrogens (tertiary/aromatic N) is 4. The van der Waals surface area contributed by atoms with Gasteiger partial charge in [0.15, 0.2) is 0 Å². The molecule has 1 atom stereocenters. The van der Waals surface area contributed by atoms with Gasteiger partial charge in [-0.2, -0.15) is 4.68 Å². The predicted octanol–water partition coefficient (Wildman–Crippen LogP) is 2.54. The number of fused-ring (bicyclic) bond motifs is 1. The third-order valence-corrected chi connectivity index (χ3v) is 4.97. The first-order valence-corrected chi connectivity index (χ1v) is 8.89. The molecule has 0 spiro atoms. The predicted molar refractivity (Wildman–Crippen MR) is 93.4 cm³/mol. The molecule has 1 aromatic carbocycles. The van der Waals surface area contributed by atoms with Crippen molar-refractivity contribution in [3.8, 4) is 5.75 Å². The summed E-state index contributed by atoms with van der Waals surface area (Å²) in [5.41, 5.74) is 1.96. The molecule has 0 radical (unpaired) electrons. The number of hydrogen-bond donors (Lipinski definition) is 2. The summed E-state index contributed by atoms with van der Waals surface area (Å²) < 4.78 is 7.37. The number of phenolic OH excluding ortho intramolecular Hbond substituents is 1. The van der Waals surface area contributed by atoms with E-state index in [0.29, 0.717) is 17.2 Å². The molecule has 1 aromatic heterocycles. The minimum atomic E-state index is -0.502. The number of hydrogen-bond acceptors (Lipinski definition) is 7. The van der Waals surface area contributed by atoms with Crippen molar-refractivity contribution in [3.63, 3.8) is 0 Å². The van der Waals surface area contributed by atoms with Crippen molar-refractivity contribution in [2.75, 3.05) is 5.32 Å². The van der Waals surface area contributed by atoms with E-state index in [2.05, 4.69) is 20.8 Å². The van der Waals surface area contributed by atoms with Gasteiger partial charge >= 0.3 is 5.97 Å². The summed E-state index contributed by atoms with van der Waals surface area (Å²) in [4.78, 5) is 13.0. The number of carbonyl (C=O) groups excluding carboxylic acids is 1. The van der Waals surface area contributed by atoms with Gasteiger partial charge in [0.25, 0.3) is 0 Å². The van der Waals surface area contributed by atoms with Crippen molar-refractivity contribution < 1.29 is 14.6 Å². The van der Waals surface area contributed by atoms with Gasteiger partial charge in [-0.15, -0.1) is 0 Å². The molecule has 0 unspecified atom stereocenters. The number of carbonyl (C=O) groups is 1. The van der Waals surface area contributed by atoms with E-state index in [-0.39, 0.29) is 17.8 Å². The van der Waals surface area contributed by atoms with E-state index < -0.39 is 6.04 Å². The van der Waals surface area contributed by atoms with Crippen molar-refractivity contribution in [3.05, 3.63) is 41.1 Å². The molecule has 136 valence electrons. The average Bonchev–Trinajstić information content (AvgIpc) is 3.10. The molecule has 1 fully saturated rings. The Bertz CT molecular complexity index is 837. The molecule has 0 amide bonds. The van der Waals surface area contributed by atoms with Crippen molar-refractivity contribution in [1.82, 2.24) is 20.2 Å². The lowest BCUT2D eigenvalue weighted by Gasteiger charge is -2.29. The number of tetrazole rings is 1. The number of ether oxygens (including phenoxy) is 1. The number of aromatic nitrogens is 4. The fourth-order valence-electron chi connectivity index (χ4n) is 3.64. The van der Waals surface area contributed by atoms with E-state index in [1.165, 1.54) is 6.42 Å². The molecule has 1 aliphatic heterocycles. The Hall–Kier alpha value is -2.90. The van der Waals surface area contributed by atoms with Gasteiger partial charge in [0.05, 0.1) is 5.57 Å². The molecular weight excluding hydrogens is 334 g/mol. The second kappa shape index (κ2) is 6.78. The average molecular weight is 355 g/mol. The first-order chi connectivity index (χ1) is 12.6. The topological polar surface area (TPSA) is 102 Å². The fourth-order valence-corrected chi connectivity index (χ4v) is 3.64. The highest BCUT2D eigenvalue weighted by Gasteiger charge is 2.36. The van der Waals surface area contributed by atoms with Crippen LogP contribution >= 0.6 is 0 Å². The minimum Gasteiger partial charge on any atom is -0.508 e. The molecule has 4 rings (SSSR count). The van der Waals surface area contributed by atoms with Gasteiger partial charge in [-0.3, -0.25) is 0 Å². The second-order valence-corrected chi connectivity index (χ2v) is 6.77. The van der Waals surface area contributed by atoms with Crippen LogP contribution in [-0.2, 0) is 9.53 Å². The lowest BCUT2D eigenvalue weighted by Crippen LogP contribution is -2.32. The zero-order valence-corrected chi connectivity index (χ0v) is 14.6. The highest BCUT2D eigenvalue weighted by molar-refractivity contribution is 5.92. The summed E-state index contributed by atoms with van der Waals surface area (Å²) in [6.45, 7) is 1.82. The quantitative estimate of drug-likeness (QED) is 0.816. The number of rotatable bonds is 3. The number of allylic oxidation sites excluding steroid dienone is 1. The maximum atomic E-state index is 13.0. The summed E-state index contributed by atoms with van der Waals surface area (Å²) in [5.74, 6) is 0.280. The number of phenols is 1. The molecule has 0 bridgehead atoms. The number of esters is 1. The van der Waals surface area contributed by atoms with E-state index >= 15 is 0 Å². The normalized spacial score (nSPS) is 20.4. The standard InChI is InChI=1S/C18H21N5O3/c1-11-15(17(25)26-14-5-3-2-4-6-14)16(12-7-9-13(24)10-8-12)23-18(19-11)20-21-22-23/h7-10,14,16,24H,2-6H2,1H3,(H,19,20,22)/t16-/m1/s1. The highest BCUT2D eigenvalue weighted by Crippen LogP contribution is 2.36. The zero-order valence-electron chi connectivity index (χ0n) is 14.6. The first-order valence-electron chi connectivity index (χ1n) is 8.89. The van der Waals surface area contributed by atoms with Gasteiger partial charge in [-0.1, -0.05) is 23.7 Å². The maximum Gasteiger partial charge on any atom is 0.338 e. The first kappa shape index (κ1) is 16.6. The van der Waals surface area contributed by atoms with Gasteiger partial charge in [0.1, 0.15) is 17.9 Å². The van der Waals surface area contributed by atoms with Crippen LogP contribution in [0.5, 0.6) is 5.75 Å². The molecule has 2 aliphatic rings. The summed E-state index contributed by atoms with van der Waals surface area (Å²) in [6.07, 6.45) is 5.16. The number of anilines is 1. The Morgan fingerprint density at radius 1 is 1.23 bits per heavy atom. The summed E-state index contributed by atoms with van der Waals surface area (Å²) in [7, 11) is 0. The van der Waals surface area contributed by atoms with Crippen molar-refractivity contribution in [2.45, 2.75) is 51.2 Å². The van der Waals surface area contributed by atoms with Crippen LogP contribution in [0.3, 0.4) is 0 Å². The third kappa shape index (κ3) is 3.02. The van der Waals surface area contributed by atoms with E-state index in [4.69, 9.17) is 4.74 Å². The highest BCUT2D eigenvalue weighted by atomic mass is 16.5. The molecule has 1 aliphatic carbocycles. The Balaban J connectivity index is 1.69. The van der Waals surface area contributed by atoms with Crippen LogP contribution in [0.2, 0.25) is 0 Å². The van der Waals surface area contributed by atoms with Crippen LogP contribution in [0.25, 0.3) is 0 Å². The summed E-state index contributed by atoms with van der Waals surface area (Å²) >= 11 is 0. The lowest BCUT2D eigenvalue weighted by atomic mass is 9.95. The monoisotopic (exact) mass is 355 g/mol. The Kier molecular flexibility index (Phi) is 4.32. The van der Waals surface area contributed by atoms with E-state index in [1.807, 2.05) is 6.92 Å². The van der Waals surface area contributed by atoms with Crippen molar-refractivity contribution in [2.24, 2.45) is 0 Å². The lowest BCUT2D eigenvalue weighted by molar-refractivity contribution is -0.146. The second-order valence-electron chi connectivity index (χ2n) is 6.77. The minimum absolute atomic E-state index is 0.0349. The van der Waals surface area contributed by atoms with Crippen LogP contribution in [0.15, 0.2) is 35.5 Å². The van der Waals surface area contributed by atoms with Gasteiger partial charge in [0.2, 0.25) is 5.95 Å². The van der Waals surface area contributed by atoms with Gasteiger partial charge < -0.3 is 15.2 Å². The Morgan fingerprint density at radius 2 is 1.96 bits per heavy atom. The third-order valence-electron chi connectivity index (χ3n) is 4.97. The number of benzene rings is 1. The van der Waals surface area contributed by atoms with Gasteiger partial charge in [0, 0.05) is 5.70 Å². The zero-order chi connectivity index (χ0) is 18.1. The number of aromatic hydroxyl groups is 1. The van der Waals surface area contributed by atoms with E-state index in [1.54, 1.807) is 28.9 Å². The van der Waals surface area contributed by atoms with Crippen molar-refractivity contribution >= 4 is 11.9 Å². The summed E-state index contributed by atoms with van der Waals surface area (Å²) in [5, 5.41) is 24.4. The molecule has 26 heavy (non-hydrogen) atoms. The Labute approximate surface area is 150 Å². The van der Waals surface area contributed by atoms with Crippen LogP contribution < -0.4 is 5.32 Å². The molecule has 1 saturated carbocycles. The van der Waals surface area contributed by atoms with E-state index in [9.17, 15) is 9.90 Å². The van der Waals surface area contributed by atoms with Gasteiger partial charge in [-0.05, 0) is 60.7 Å². The Morgan fingerprint density at radius 3 is 2.69 bits per heavy atom. The SMILES string of the molecule is CC1=C(C(=O)OC2CCCCC2)[C@@H](c2ccc(O)cc2)n2nnnc2N1. The molecule has 0 saturated heterocycles. The van der Waals surface area contributed by atoms with Crippen LogP contribution in [0.1, 0.15) is 50.6 Å². The molecule has 2 N–H and O–H groups in total. The van der Waals surface area contributed by atoms with Gasteiger partial charge in [-0.25, -0.2) is 4.79 Å². The maximum absolute atomic E-state index is 13.0. The molecule has 2 aromatic rings. The van der Waals surface area contributed by atoms with E-state index in [0.717, 1.165) is 31.2 Å². The van der Waals surface area contributed by atoms with Crippen LogP contribution in [0.4, 0.5) is 5.95 Å². The summed E-state index contributed by atoms with van der Waals surface area (Å²) in [6, 6.07) is 6.19. The smallest absolute Gasteiger partial charge is 0.338 e. The van der Waals surface area contributed by atoms with Crippen LogP contribution in [-0.4, -0.2) is 37.4 Å².